The van der Waals surface area contributed by atoms with E-state index in [9.17, 15) is 24.3 Å². The van der Waals surface area contributed by atoms with Gasteiger partial charge in [0.2, 0.25) is 17.6 Å². The molecule has 2 heterocycles. The number of carbonyl (C=O) groups is 4. The van der Waals surface area contributed by atoms with Gasteiger partial charge >= 0.3 is 12.1 Å². The van der Waals surface area contributed by atoms with Gasteiger partial charge in [0, 0.05) is 24.4 Å². The average molecular weight is 691 g/mol. The molecule has 1 aliphatic carbocycles. The summed E-state index contributed by atoms with van der Waals surface area (Å²) in [4.78, 5) is 55.6. The average Bonchev–Trinajstić information content (AvgIpc) is 3.24. The van der Waals surface area contributed by atoms with Gasteiger partial charge in [-0.2, -0.15) is 4.80 Å². The van der Waals surface area contributed by atoms with E-state index in [0.29, 0.717) is 21.6 Å². The van der Waals surface area contributed by atoms with Gasteiger partial charge in [-0.25, -0.2) is 9.59 Å². The zero-order chi connectivity index (χ0) is 33.5. The van der Waals surface area contributed by atoms with E-state index in [2.05, 4.69) is 48.6 Å². The molecule has 45 heavy (non-hydrogen) atoms. The summed E-state index contributed by atoms with van der Waals surface area (Å²) in [6, 6.07) is 2.58. The Morgan fingerprint density at radius 3 is 2.42 bits per heavy atom. The van der Waals surface area contributed by atoms with Crippen LogP contribution in [0.4, 0.5) is 4.79 Å². The molecule has 0 spiro atoms. The molecular weight excluding hydrogens is 650 g/mol. The minimum atomic E-state index is -1.50. The van der Waals surface area contributed by atoms with Crippen LogP contribution >= 0.6 is 15.9 Å². The molecule has 2 fully saturated rings. The normalized spacial score (nSPS) is 23.6. The molecule has 4 rings (SSSR count). The van der Waals surface area contributed by atoms with Gasteiger partial charge in [-0.05, 0) is 71.9 Å². The fraction of sp³-hybridized carbons (Fsp3) is 0.567. The summed E-state index contributed by atoms with van der Waals surface area (Å²) < 4.78 is 11.4. The SMILES string of the molecule is C=CC1CC1(NC(=O)C1CC(n2nnc(-c3ccc(OC)c(Br)c3)n2)CN1C(=O)C(NC(=O)OC(C)(C)C)C(C)(C)C)C(=O)O. The van der Waals surface area contributed by atoms with Crippen molar-refractivity contribution in [2.75, 3.05) is 13.7 Å². The van der Waals surface area contributed by atoms with Crippen LogP contribution in [0, 0.1) is 11.3 Å². The van der Waals surface area contributed by atoms with Gasteiger partial charge in [0.05, 0.1) is 17.6 Å². The molecule has 1 saturated heterocycles. The van der Waals surface area contributed by atoms with Gasteiger partial charge in [0.25, 0.3) is 0 Å². The number of amides is 3. The van der Waals surface area contributed by atoms with Crippen molar-refractivity contribution in [3.8, 4) is 17.1 Å². The quantitative estimate of drug-likeness (QED) is 0.331. The number of carboxylic acids is 1. The summed E-state index contributed by atoms with van der Waals surface area (Å²) in [5, 5.41) is 28.2. The maximum Gasteiger partial charge on any atom is 0.408 e. The number of likely N-dealkylation sites (tertiary alicyclic amines) is 1. The molecule has 5 unspecified atom stereocenters. The predicted molar refractivity (Wildman–Crippen MR) is 166 cm³/mol. The number of nitrogens with zero attached hydrogens (tertiary/aromatic N) is 5. The van der Waals surface area contributed by atoms with Crippen molar-refractivity contribution < 1.29 is 33.8 Å². The first kappa shape index (κ1) is 33.9. The summed E-state index contributed by atoms with van der Waals surface area (Å²) in [5.41, 5.74) is -2.41. The number of hydrogen-bond acceptors (Lipinski definition) is 9. The number of carboxylic acid groups (broad SMARTS) is 1. The highest BCUT2D eigenvalue weighted by molar-refractivity contribution is 9.10. The van der Waals surface area contributed by atoms with Crippen molar-refractivity contribution in [3.63, 3.8) is 0 Å². The largest absolute Gasteiger partial charge is 0.496 e. The van der Waals surface area contributed by atoms with Crippen LogP contribution in [0.2, 0.25) is 0 Å². The number of alkyl carbamates (subject to hydrolysis) is 1. The minimum absolute atomic E-state index is 0.00651. The zero-order valence-corrected chi connectivity index (χ0v) is 28.0. The Morgan fingerprint density at radius 1 is 1.20 bits per heavy atom. The molecule has 0 bridgehead atoms. The molecule has 15 heteroatoms. The Bertz CT molecular complexity index is 1500. The van der Waals surface area contributed by atoms with Gasteiger partial charge in [-0.15, -0.1) is 16.8 Å². The lowest BCUT2D eigenvalue weighted by Gasteiger charge is -2.36. The number of nitrogens with one attached hydrogen (secondary N) is 2. The Kier molecular flexibility index (Phi) is 9.34. The second kappa shape index (κ2) is 12.4. The smallest absolute Gasteiger partial charge is 0.408 e. The molecule has 1 saturated carbocycles. The van der Waals surface area contributed by atoms with Crippen molar-refractivity contribution in [1.82, 2.24) is 35.7 Å². The van der Waals surface area contributed by atoms with Crippen LogP contribution in [-0.2, 0) is 19.1 Å². The molecular formula is C30H40BrN7O7. The number of aliphatic carboxylic acids is 1. The number of ether oxygens (including phenoxy) is 2. The van der Waals surface area contributed by atoms with Crippen LogP contribution < -0.4 is 15.4 Å². The highest BCUT2D eigenvalue weighted by atomic mass is 79.9. The van der Waals surface area contributed by atoms with Crippen molar-refractivity contribution in [1.29, 1.82) is 0 Å². The zero-order valence-electron chi connectivity index (χ0n) is 26.5. The maximum absolute atomic E-state index is 14.2. The second-order valence-corrected chi connectivity index (χ2v) is 14.3. The number of carbonyl (C=O) groups excluding carboxylic acids is 3. The first-order chi connectivity index (χ1) is 20.9. The van der Waals surface area contributed by atoms with Gasteiger partial charge < -0.3 is 30.1 Å². The Morgan fingerprint density at radius 2 is 1.89 bits per heavy atom. The highest BCUT2D eigenvalue weighted by Crippen LogP contribution is 2.45. The van der Waals surface area contributed by atoms with Crippen molar-refractivity contribution in [2.24, 2.45) is 11.3 Å². The topological polar surface area (TPSA) is 178 Å². The molecule has 0 radical (unpaired) electrons. The fourth-order valence-corrected chi connectivity index (χ4v) is 5.87. The molecule has 3 N–H and O–H groups in total. The summed E-state index contributed by atoms with van der Waals surface area (Å²) in [6.45, 7) is 14.2. The minimum Gasteiger partial charge on any atom is -0.496 e. The lowest BCUT2D eigenvalue weighted by molar-refractivity contribution is -0.146. The lowest BCUT2D eigenvalue weighted by Crippen LogP contribution is -2.59. The van der Waals surface area contributed by atoms with Crippen molar-refractivity contribution in [3.05, 3.63) is 35.3 Å². The fourth-order valence-electron chi connectivity index (χ4n) is 5.33. The first-order valence-corrected chi connectivity index (χ1v) is 15.3. The van der Waals surface area contributed by atoms with Crippen LogP contribution in [0.25, 0.3) is 11.4 Å². The number of rotatable bonds is 9. The first-order valence-electron chi connectivity index (χ1n) is 14.5. The summed E-state index contributed by atoms with van der Waals surface area (Å²) in [5.74, 6) is -1.84. The molecule has 5 atom stereocenters. The third kappa shape index (κ3) is 7.29. The second-order valence-electron chi connectivity index (χ2n) is 13.4. The van der Waals surface area contributed by atoms with Gasteiger partial charge in [0.1, 0.15) is 29.0 Å². The van der Waals surface area contributed by atoms with Crippen LogP contribution in [0.1, 0.15) is 60.4 Å². The molecule has 1 aliphatic heterocycles. The Hall–Kier alpha value is -4.01. The summed E-state index contributed by atoms with van der Waals surface area (Å²) >= 11 is 3.45. The molecule has 14 nitrogen and oxygen atoms in total. The predicted octanol–water partition coefficient (Wildman–Crippen LogP) is 3.34. The Balaban J connectivity index is 1.65. The molecule has 2 aliphatic rings. The van der Waals surface area contributed by atoms with E-state index in [-0.39, 0.29) is 19.4 Å². The van der Waals surface area contributed by atoms with Gasteiger partial charge in [-0.1, -0.05) is 26.8 Å². The van der Waals surface area contributed by atoms with Crippen LogP contribution in [0.5, 0.6) is 5.75 Å². The number of halogens is 1. The van der Waals surface area contributed by atoms with Crippen LogP contribution in [0.3, 0.4) is 0 Å². The van der Waals surface area contributed by atoms with E-state index >= 15 is 0 Å². The van der Waals surface area contributed by atoms with Gasteiger partial charge in [-0.3, -0.25) is 9.59 Å². The van der Waals surface area contributed by atoms with Crippen molar-refractivity contribution in [2.45, 2.75) is 83.6 Å². The molecule has 2 aromatic rings. The maximum atomic E-state index is 14.2. The molecule has 3 amide bonds. The molecule has 244 valence electrons. The summed E-state index contributed by atoms with van der Waals surface area (Å²) in [7, 11) is 1.56. The highest BCUT2D eigenvalue weighted by Gasteiger charge is 2.61. The molecule has 1 aromatic heterocycles. The number of methoxy groups -OCH3 is 1. The lowest BCUT2D eigenvalue weighted by atomic mass is 9.85. The number of hydrogen-bond donors (Lipinski definition) is 3. The molecule has 1 aromatic carbocycles. The third-order valence-electron chi connectivity index (χ3n) is 7.83. The number of aromatic nitrogens is 4. The van der Waals surface area contributed by atoms with E-state index in [1.807, 2.05) is 0 Å². The number of benzene rings is 1. The standard InChI is InChI=1S/C30H40BrN7O7/c1-9-17-14-30(17,26(41)42)33-24(39)20-13-18(38-35-23(34-36-38)16-10-11-21(44-8)19(31)12-16)15-37(20)25(40)22(28(2,3)4)32-27(43)45-29(5,6)7/h9-12,17-18,20,22H,1,13-15H2,2-8H3,(H,32,43)(H,33,39)(H,41,42). The monoisotopic (exact) mass is 689 g/mol. The van der Waals surface area contributed by atoms with Gasteiger partial charge in [0.15, 0.2) is 0 Å². The van der Waals surface area contributed by atoms with E-state index in [1.165, 1.54) is 15.8 Å². The Labute approximate surface area is 270 Å². The van der Waals surface area contributed by atoms with Crippen LogP contribution in [0.15, 0.2) is 35.3 Å². The van der Waals surface area contributed by atoms with E-state index in [1.54, 1.807) is 66.9 Å². The third-order valence-corrected chi connectivity index (χ3v) is 8.45. The van der Waals surface area contributed by atoms with Crippen LogP contribution in [-0.4, -0.2) is 91.0 Å². The van der Waals surface area contributed by atoms with E-state index in [0.717, 1.165) is 0 Å². The summed E-state index contributed by atoms with van der Waals surface area (Å²) in [6.07, 6.45) is 0.987. The van der Waals surface area contributed by atoms with E-state index in [4.69, 9.17) is 9.47 Å². The number of tetrazole rings is 1. The van der Waals surface area contributed by atoms with E-state index < -0.39 is 64.5 Å². The van der Waals surface area contributed by atoms with Crippen molar-refractivity contribution >= 4 is 39.8 Å².